The topological polar surface area (TPSA) is 69.2 Å². The number of nitro groups is 1. The Morgan fingerprint density at radius 2 is 1.95 bits per heavy atom. The van der Waals surface area contributed by atoms with Crippen molar-refractivity contribution in [2.45, 2.75) is 0 Å². The largest absolute Gasteiger partial charge is 0.436 e. The number of benzene rings is 2. The number of oxazole rings is 1. The fourth-order valence-electron chi connectivity index (χ4n) is 1.80. The molecule has 1 heterocycles. The molecular formula is C13H6Cl2N2O3. The predicted octanol–water partition coefficient (Wildman–Crippen LogP) is 4.71. The Kier molecular flexibility index (Phi) is 3.08. The Morgan fingerprint density at radius 1 is 1.15 bits per heavy atom. The second-order valence-corrected chi connectivity index (χ2v) is 4.90. The monoisotopic (exact) mass is 308 g/mol. The Morgan fingerprint density at radius 3 is 2.70 bits per heavy atom. The van der Waals surface area contributed by atoms with Gasteiger partial charge in [0.1, 0.15) is 5.52 Å². The van der Waals surface area contributed by atoms with Gasteiger partial charge in [0.25, 0.3) is 5.69 Å². The van der Waals surface area contributed by atoms with Crippen LogP contribution in [0.1, 0.15) is 0 Å². The van der Waals surface area contributed by atoms with Crippen LogP contribution in [0.5, 0.6) is 0 Å². The summed E-state index contributed by atoms with van der Waals surface area (Å²) in [4.78, 5) is 14.6. The average molecular weight is 309 g/mol. The molecule has 0 saturated heterocycles. The van der Waals surface area contributed by atoms with Gasteiger partial charge in [-0.2, -0.15) is 0 Å². The second kappa shape index (κ2) is 4.77. The standard InChI is InChI=1S/C13H6Cl2N2O3/c14-7-1-4-11-12(5-7)20-13(16-11)9-6-8(17(18)19)2-3-10(9)15/h1-6H. The minimum Gasteiger partial charge on any atom is -0.436 e. The highest BCUT2D eigenvalue weighted by Crippen LogP contribution is 2.33. The fraction of sp³-hybridized carbons (Fsp3) is 0. The Bertz CT molecular complexity index is 830. The molecule has 0 spiro atoms. The van der Waals surface area contributed by atoms with Crippen LogP contribution in [-0.4, -0.2) is 9.91 Å². The molecule has 1 aromatic heterocycles. The first-order valence-corrected chi connectivity index (χ1v) is 6.30. The molecule has 3 rings (SSSR count). The van der Waals surface area contributed by atoms with Crippen molar-refractivity contribution in [3.8, 4) is 11.5 Å². The molecule has 0 aliphatic rings. The molecule has 0 atom stereocenters. The summed E-state index contributed by atoms with van der Waals surface area (Å²) in [6.45, 7) is 0. The lowest BCUT2D eigenvalue weighted by molar-refractivity contribution is -0.384. The number of rotatable bonds is 2. The van der Waals surface area contributed by atoms with E-state index in [9.17, 15) is 10.1 Å². The highest BCUT2D eigenvalue weighted by Gasteiger charge is 2.16. The van der Waals surface area contributed by atoms with Crippen molar-refractivity contribution in [1.29, 1.82) is 0 Å². The Labute approximate surface area is 122 Å². The van der Waals surface area contributed by atoms with Gasteiger partial charge in [-0.05, 0) is 18.2 Å². The smallest absolute Gasteiger partial charge is 0.270 e. The van der Waals surface area contributed by atoms with Crippen molar-refractivity contribution in [2.24, 2.45) is 0 Å². The van der Waals surface area contributed by atoms with Crippen LogP contribution in [-0.2, 0) is 0 Å². The minimum atomic E-state index is -0.501. The van der Waals surface area contributed by atoms with E-state index in [1.165, 1.54) is 18.2 Å². The molecule has 0 aliphatic carbocycles. The van der Waals surface area contributed by atoms with Crippen molar-refractivity contribution in [3.63, 3.8) is 0 Å². The van der Waals surface area contributed by atoms with Crippen LogP contribution in [0.3, 0.4) is 0 Å². The van der Waals surface area contributed by atoms with Gasteiger partial charge in [-0.3, -0.25) is 10.1 Å². The van der Waals surface area contributed by atoms with Gasteiger partial charge in [-0.15, -0.1) is 0 Å². The van der Waals surface area contributed by atoms with Crippen molar-refractivity contribution < 1.29 is 9.34 Å². The van der Waals surface area contributed by atoms with Crippen LogP contribution >= 0.6 is 23.2 Å². The summed E-state index contributed by atoms with van der Waals surface area (Å²) in [5.74, 6) is 0.218. The van der Waals surface area contributed by atoms with E-state index in [1.54, 1.807) is 18.2 Å². The first kappa shape index (κ1) is 12.9. The molecule has 0 unspecified atom stereocenters. The number of nitro benzene ring substituents is 1. The van der Waals surface area contributed by atoms with Gasteiger partial charge in [-0.25, -0.2) is 4.98 Å². The summed E-state index contributed by atoms with van der Waals surface area (Å²) >= 11 is 11.9. The molecule has 0 aliphatic heterocycles. The van der Waals surface area contributed by atoms with Crippen molar-refractivity contribution >= 4 is 40.0 Å². The van der Waals surface area contributed by atoms with Gasteiger partial charge in [0.2, 0.25) is 5.89 Å². The number of halogens is 2. The third-order valence-electron chi connectivity index (χ3n) is 2.74. The van der Waals surface area contributed by atoms with Crippen LogP contribution in [0.4, 0.5) is 5.69 Å². The lowest BCUT2D eigenvalue weighted by Crippen LogP contribution is -1.89. The van der Waals surface area contributed by atoms with E-state index in [1.807, 2.05) is 0 Å². The van der Waals surface area contributed by atoms with E-state index in [0.29, 0.717) is 26.7 Å². The average Bonchev–Trinajstić information content (AvgIpc) is 2.81. The molecule has 5 nitrogen and oxygen atoms in total. The molecule has 100 valence electrons. The summed E-state index contributed by atoms with van der Waals surface area (Å²) in [6.07, 6.45) is 0. The van der Waals surface area contributed by atoms with Gasteiger partial charge in [0.15, 0.2) is 5.58 Å². The van der Waals surface area contributed by atoms with Gasteiger partial charge < -0.3 is 4.42 Å². The van der Waals surface area contributed by atoms with Crippen molar-refractivity contribution in [1.82, 2.24) is 4.98 Å². The normalized spacial score (nSPS) is 10.9. The van der Waals surface area contributed by atoms with Crippen LogP contribution in [0.15, 0.2) is 40.8 Å². The summed E-state index contributed by atoms with van der Waals surface area (Å²) in [7, 11) is 0. The number of fused-ring (bicyclic) bond motifs is 1. The zero-order chi connectivity index (χ0) is 14.3. The van der Waals surface area contributed by atoms with Crippen LogP contribution in [0.25, 0.3) is 22.6 Å². The third kappa shape index (κ3) is 2.21. The van der Waals surface area contributed by atoms with E-state index < -0.39 is 4.92 Å². The molecule has 3 aromatic rings. The SMILES string of the molecule is O=[N+]([O-])c1ccc(Cl)c(-c2nc3ccc(Cl)cc3o2)c1. The van der Waals surface area contributed by atoms with Crippen molar-refractivity contribution in [3.05, 3.63) is 56.6 Å². The van der Waals surface area contributed by atoms with E-state index in [-0.39, 0.29) is 11.6 Å². The quantitative estimate of drug-likeness (QED) is 0.508. The minimum absolute atomic E-state index is 0.0790. The zero-order valence-electron chi connectivity index (χ0n) is 9.84. The number of hydrogen-bond acceptors (Lipinski definition) is 4. The maximum absolute atomic E-state index is 10.8. The van der Waals surface area contributed by atoms with Gasteiger partial charge >= 0.3 is 0 Å². The number of nitrogens with zero attached hydrogens (tertiary/aromatic N) is 2. The molecule has 7 heteroatoms. The highest BCUT2D eigenvalue weighted by molar-refractivity contribution is 6.33. The van der Waals surface area contributed by atoms with Crippen LogP contribution in [0.2, 0.25) is 10.0 Å². The van der Waals surface area contributed by atoms with Gasteiger partial charge in [0, 0.05) is 23.2 Å². The lowest BCUT2D eigenvalue weighted by Gasteiger charge is -1.99. The van der Waals surface area contributed by atoms with Gasteiger partial charge in [-0.1, -0.05) is 23.2 Å². The molecule has 0 N–H and O–H groups in total. The molecule has 0 fully saturated rings. The number of hydrogen-bond donors (Lipinski definition) is 0. The number of aromatic nitrogens is 1. The van der Waals surface area contributed by atoms with Crippen molar-refractivity contribution in [2.75, 3.05) is 0 Å². The first-order valence-electron chi connectivity index (χ1n) is 5.55. The summed E-state index contributed by atoms with van der Waals surface area (Å²) in [5.41, 5.74) is 1.39. The van der Waals surface area contributed by atoms with E-state index in [0.717, 1.165) is 0 Å². The van der Waals surface area contributed by atoms with Crippen LogP contribution in [0, 0.1) is 10.1 Å². The molecule has 0 saturated carbocycles. The Balaban J connectivity index is 2.19. The second-order valence-electron chi connectivity index (χ2n) is 4.05. The molecular weight excluding hydrogens is 303 g/mol. The third-order valence-corrected chi connectivity index (χ3v) is 3.31. The molecule has 20 heavy (non-hydrogen) atoms. The molecule has 0 amide bonds. The maximum Gasteiger partial charge on any atom is 0.270 e. The maximum atomic E-state index is 10.8. The first-order chi connectivity index (χ1) is 9.54. The summed E-state index contributed by atoms with van der Waals surface area (Å²) in [5, 5.41) is 11.7. The van der Waals surface area contributed by atoms with Crippen LogP contribution < -0.4 is 0 Å². The summed E-state index contributed by atoms with van der Waals surface area (Å²) in [6, 6.07) is 9.11. The fourth-order valence-corrected chi connectivity index (χ4v) is 2.16. The summed E-state index contributed by atoms with van der Waals surface area (Å²) < 4.78 is 5.55. The van der Waals surface area contributed by atoms with E-state index >= 15 is 0 Å². The molecule has 0 radical (unpaired) electrons. The molecule has 0 bridgehead atoms. The number of non-ortho nitro benzene ring substituents is 1. The van der Waals surface area contributed by atoms with E-state index in [2.05, 4.69) is 4.98 Å². The predicted molar refractivity (Wildman–Crippen MR) is 76.1 cm³/mol. The molecule has 2 aromatic carbocycles. The highest BCUT2D eigenvalue weighted by atomic mass is 35.5. The lowest BCUT2D eigenvalue weighted by atomic mass is 10.2. The van der Waals surface area contributed by atoms with E-state index in [4.69, 9.17) is 27.6 Å². The zero-order valence-corrected chi connectivity index (χ0v) is 11.4. The Hall–Kier alpha value is -2.11. The van der Waals surface area contributed by atoms with Gasteiger partial charge in [0.05, 0.1) is 15.5 Å².